The molecule has 0 rings (SSSR count). The van der Waals surface area contributed by atoms with Gasteiger partial charge in [0.1, 0.15) is 0 Å². The molecule has 0 nitrogen and oxygen atoms in total. The van der Waals surface area contributed by atoms with Crippen molar-refractivity contribution in [2.24, 2.45) is 0 Å². The van der Waals surface area contributed by atoms with E-state index < -0.39 is 10.4 Å². The fourth-order valence-corrected chi connectivity index (χ4v) is 11.7. The monoisotopic (exact) mass is 456 g/mol. The number of allylic oxidation sites excluding steroid dienone is 2. The van der Waals surface area contributed by atoms with Crippen molar-refractivity contribution < 1.29 is 0 Å². The van der Waals surface area contributed by atoms with Gasteiger partial charge in [0.05, 0.1) is 0 Å². The van der Waals surface area contributed by atoms with Gasteiger partial charge >= 0.3 is 81.9 Å². The second-order valence-electron chi connectivity index (χ2n) is 1.84. The van der Waals surface area contributed by atoms with Crippen molar-refractivity contribution in [3.8, 4) is 0 Å². The molecule has 0 atom stereocenters. The van der Waals surface area contributed by atoms with E-state index in [0.29, 0.717) is 0 Å². The van der Waals surface area contributed by atoms with Crippen LogP contribution in [0.15, 0.2) is 25.3 Å². The summed E-state index contributed by atoms with van der Waals surface area (Å²) in [7, 11) is -1.67. The molecule has 0 unspecified atom stereocenters. The van der Waals surface area contributed by atoms with E-state index in [-0.39, 0.29) is 0 Å². The van der Waals surface area contributed by atoms with Crippen LogP contribution in [-0.2, 0) is 0 Å². The Morgan fingerprint density at radius 2 is 1.44 bits per heavy atom. The summed E-state index contributed by atoms with van der Waals surface area (Å²) in [5.74, 6) is 0. The van der Waals surface area contributed by atoms with Gasteiger partial charge in [0.15, 0.2) is 0 Å². The summed E-state index contributed by atoms with van der Waals surface area (Å²) >= 11 is 5.26. The molecular weight excluding hydrogens is 445 g/mol. The summed E-state index contributed by atoms with van der Waals surface area (Å²) in [6.45, 7) is 7.47. The molecule has 0 aliphatic rings. The van der Waals surface area contributed by atoms with E-state index in [9.17, 15) is 0 Å². The summed E-state index contributed by atoms with van der Waals surface area (Å²) in [5, 5.41) is 0. The average molecular weight is 455 g/mol. The van der Waals surface area contributed by atoms with Gasteiger partial charge in [-0.05, 0) is 0 Å². The Hall–Kier alpha value is 1.74. The van der Waals surface area contributed by atoms with Crippen LogP contribution in [0.2, 0.25) is 8.87 Å². The Morgan fingerprint density at radius 3 is 1.67 bits per heavy atom. The number of hydrogen-bond donors (Lipinski definition) is 0. The quantitative estimate of drug-likeness (QED) is 0.345. The number of halogens is 2. The van der Waals surface area contributed by atoms with E-state index in [4.69, 9.17) is 0 Å². The SMILES string of the molecule is C=C[CH2][Sn]([I])([I])[CH2]C=C. The van der Waals surface area contributed by atoms with Crippen molar-refractivity contribution >= 4 is 47.7 Å². The minimum atomic E-state index is -1.67. The molecule has 0 saturated carbocycles. The van der Waals surface area contributed by atoms with Crippen molar-refractivity contribution in [3.63, 3.8) is 0 Å². The Morgan fingerprint density at radius 1 is 1.11 bits per heavy atom. The van der Waals surface area contributed by atoms with Gasteiger partial charge in [-0.25, -0.2) is 0 Å². The summed E-state index contributed by atoms with van der Waals surface area (Å²) in [5.41, 5.74) is 0. The van der Waals surface area contributed by atoms with E-state index in [0.717, 1.165) is 0 Å². The second-order valence-corrected chi connectivity index (χ2v) is 50.6. The van der Waals surface area contributed by atoms with Crippen LogP contribution in [-0.4, -0.2) is 10.4 Å². The summed E-state index contributed by atoms with van der Waals surface area (Å²) < 4.78 is 2.50. The predicted molar refractivity (Wildman–Crippen MR) is 63.8 cm³/mol. The van der Waals surface area contributed by atoms with Gasteiger partial charge in [0.25, 0.3) is 0 Å². The third-order valence-electron chi connectivity index (χ3n) is 0.886. The molecule has 0 fully saturated rings. The molecule has 0 N–H and O–H groups in total. The Labute approximate surface area is 80.4 Å². The van der Waals surface area contributed by atoms with Gasteiger partial charge in [0.2, 0.25) is 0 Å². The maximum atomic E-state index is 3.74. The third kappa shape index (κ3) is 6.15. The van der Waals surface area contributed by atoms with Crippen LogP contribution in [0.5, 0.6) is 0 Å². The van der Waals surface area contributed by atoms with Crippen LogP contribution in [0.1, 0.15) is 0 Å². The molecular formula is C6H10I2Sn. The van der Waals surface area contributed by atoms with Crippen LogP contribution in [0.25, 0.3) is 0 Å². The van der Waals surface area contributed by atoms with Crippen molar-refractivity contribution in [1.82, 2.24) is 0 Å². The van der Waals surface area contributed by atoms with Gasteiger partial charge in [-0.1, -0.05) is 0 Å². The number of hydrogen-bond acceptors (Lipinski definition) is 0. The van der Waals surface area contributed by atoms with E-state index in [2.05, 4.69) is 50.4 Å². The molecule has 0 bridgehead atoms. The Bertz CT molecular complexity index is 97.6. The van der Waals surface area contributed by atoms with Gasteiger partial charge in [-0.3, -0.25) is 0 Å². The molecule has 52 valence electrons. The second kappa shape index (κ2) is 5.40. The fourth-order valence-electron chi connectivity index (χ4n) is 0.506. The molecule has 0 aliphatic carbocycles. The Kier molecular flexibility index (Phi) is 6.44. The van der Waals surface area contributed by atoms with Crippen molar-refractivity contribution in [1.29, 1.82) is 0 Å². The van der Waals surface area contributed by atoms with Crippen LogP contribution in [0.4, 0.5) is 0 Å². The van der Waals surface area contributed by atoms with Crippen molar-refractivity contribution in [3.05, 3.63) is 25.3 Å². The summed E-state index contributed by atoms with van der Waals surface area (Å²) in [6.07, 6.45) is 4.08. The molecule has 0 spiro atoms. The van der Waals surface area contributed by atoms with Crippen LogP contribution >= 0.6 is 37.3 Å². The first kappa shape index (κ1) is 10.7. The molecule has 0 aromatic carbocycles. The molecule has 0 saturated heterocycles. The third-order valence-corrected chi connectivity index (χ3v) is 17.8. The molecule has 9 heavy (non-hydrogen) atoms. The van der Waals surface area contributed by atoms with Gasteiger partial charge in [0, 0.05) is 0 Å². The topological polar surface area (TPSA) is 0 Å². The molecule has 0 aromatic heterocycles. The van der Waals surface area contributed by atoms with Crippen molar-refractivity contribution in [2.75, 3.05) is 0 Å². The first-order valence-corrected chi connectivity index (χ1v) is 23.4. The minimum absolute atomic E-state index is 1.25. The van der Waals surface area contributed by atoms with Gasteiger partial charge < -0.3 is 0 Å². The zero-order valence-electron chi connectivity index (χ0n) is 5.24. The number of rotatable bonds is 4. The fraction of sp³-hybridized carbons (Fsp3) is 0.333. The molecule has 0 aromatic rings. The van der Waals surface area contributed by atoms with Crippen molar-refractivity contribution in [2.45, 2.75) is 8.87 Å². The van der Waals surface area contributed by atoms with Gasteiger partial charge in [-0.15, -0.1) is 0 Å². The Balaban J connectivity index is 3.68. The molecule has 0 aliphatic heterocycles. The van der Waals surface area contributed by atoms with E-state index >= 15 is 0 Å². The molecule has 0 radical (unpaired) electrons. The molecule has 0 heterocycles. The van der Waals surface area contributed by atoms with Crippen LogP contribution < -0.4 is 0 Å². The zero-order valence-corrected chi connectivity index (χ0v) is 12.4. The predicted octanol–water partition coefficient (Wildman–Crippen LogP) is 3.67. The maximum absolute atomic E-state index is 3.74. The van der Waals surface area contributed by atoms with E-state index in [1.165, 1.54) is 8.87 Å². The first-order chi connectivity index (χ1) is 4.12. The summed E-state index contributed by atoms with van der Waals surface area (Å²) in [4.78, 5) is 0. The van der Waals surface area contributed by atoms with Crippen LogP contribution in [0.3, 0.4) is 0 Å². The summed E-state index contributed by atoms with van der Waals surface area (Å²) in [6, 6.07) is 0. The van der Waals surface area contributed by atoms with E-state index in [1.54, 1.807) is 0 Å². The van der Waals surface area contributed by atoms with Gasteiger partial charge in [-0.2, -0.15) is 0 Å². The first-order valence-electron chi connectivity index (χ1n) is 2.72. The molecule has 0 amide bonds. The zero-order chi connectivity index (χ0) is 7.33. The normalized spacial score (nSPS) is 10.9. The molecule has 3 heteroatoms. The van der Waals surface area contributed by atoms with Crippen LogP contribution in [0, 0.1) is 0 Å². The van der Waals surface area contributed by atoms with E-state index in [1.807, 2.05) is 12.2 Å². The average Bonchev–Trinajstić information content (AvgIpc) is 1.64. The standard InChI is InChI=1S/2C3H5.2HI.Sn/c2*1-3-2;;;/h2*3H,1-2H2;2*1H;/q;;;;+2/p-2.